The first-order valence-electron chi connectivity index (χ1n) is 12.1. The van der Waals surface area contributed by atoms with Crippen LogP contribution in [0.25, 0.3) is 0 Å². The lowest BCUT2D eigenvalue weighted by atomic mass is 10.0. The highest BCUT2D eigenvalue weighted by Crippen LogP contribution is 2.19. The van der Waals surface area contributed by atoms with Crippen molar-refractivity contribution in [1.29, 1.82) is 0 Å². The van der Waals surface area contributed by atoms with Crippen molar-refractivity contribution in [2.45, 2.75) is 66.1 Å². The van der Waals surface area contributed by atoms with Crippen LogP contribution in [0.5, 0.6) is 0 Å². The molecular weight excluding hydrogens is 356 g/mol. The molecule has 3 rings (SSSR count). The molecule has 0 spiro atoms. The van der Waals surface area contributed by atoms with E-state index in [0.717, 1.165) is 19.1 Å². The van der Waals surface area contributed by atoms with Gasteiger partial charge in [0, 0.05) is 32.2 Å². The molecule has 0 radical (unpaired) electrons. The lowest BCUT2D eigenvalue weighted by Gasteiger charge is -2.37. The van der Waals surface area contributed by atoms with Gasteiger partial charge < -0.3 is 9.80 Å². The number of hydrogen-bond acceptors (Lipinski definition) is 4. The molecule has 2 aliphatic heterocycles. The van der Waals surface area contributed by atoms with Crippen LogP contribution in [0.2, 0.25) is 0 Å². The predicted octanol–water partition coefficient (Wildman–Crippen LogP) is 4.16. The smallest absolute Gasteiger partial charge is 0.0234 e. The maximum Gasteiger partial charge on any atom is 0.0234 e. The molecule has 2 fully saturated rings. The highest BCUT2D eigenvalue weighted by molar-refractivity contribution is 5.22. The molecule has 2 saturated heterocycles. The summed E-state index contributed by atoms with van der Waals surface area (Å²) in [5, 5.41) is 0. The van der Waals surface area contributed by atoms with Crippen molar-refractivity contribution < 1.29 is 0 Å². The zero-order valence-corrected chi connectivity index (χ0v) is 19.9. The van der Waals surface area contributed by atoms with E-state index in [1.807, 2.05) is 13.8 Å². The fourth-order valence-corrected chi connectivity index (χ4v) is 4.71. The summed E-state index contributed by atoms with van der Waals surface area (Å²) < 4.78 is 0. The largest absolute Gasteiger partial charge is 0.305 e. The van der Waals surface area contributed by atoms with Crippen LogP contribution in [0.3, 0.4) is 0 Å². The van der Waals surface area contributed by atoms with Gasteiger partial charge in [-0.15, -0.1) is 0 Å². The van der Waals surface area contributed by atoms with E-state index in [9.17, 15) is 0 Å². The van der Waals surface area contributed by atoms with Gasteiger partial charge >= 0.3 is 0 Å². The first kappa shape index (κ1) is 24.3. The van der Waals surface area contributed by atoms with Crippen LogP contribution in [-0.4, -0.2) is 85.0 Å². The van der Waals surface area contributed by atoms with Crippen molar-refractivity contribution in [3.8, 4) is 0 Å². The Kier molecular flexibility index (Phi) is 11.2. The average Bonchev–Trinajstić information content (AvgIpc) is 2.97. The zero-order chi connectivity index (χ0) is 21.1. The van der Waals surface area contributed by atoms with E-state index in [-0.39, 0.29) is 0 Å². The van der Waals surface area contributed by atoms with Crippen molar-refractivity contribution in [3.63, 3.8) is 0 Å². The first-order valence-corrected chi connectivity index (χ1v) is 12.1. The highest BCUT2D eigenvalue weighted by Gasteiger charge is 2.22. The van der Waals surface area contributed by atoms with Gasteiger partial charge in [0.1, 0.15) is 0 Å². The summed E-state index contributed by atoms with van der Waals surface area (Å²) in [7, 11) is 2.24. The number of rotatable bonds is 7. The number of nitrogens with zero attached hydrogens (tertiary/aromatic N) is 4. The lowest BCUT2D eigenvalue weighted by molar-refractivity contribution is 0.113. The molecule has 0 saturated carbocycles. The molecule has 2 heterocycles. The monoisotopic (exact) mass is 402 g/mol. The van der Waals surface area contributed by atoms with E-state index < -0.39 is 0 Å². The Morgan fingerprint density at radius 2 is 1.28 bits per heavy atom. The maximum atomic E-state index is 2.64. The number of piperidine rings is 1. The van der Waals surface area contributed by atoms with Crippen molar-refractivity contribution in [1.82, 2.24) is 19.6 Å². The van der Waals surface area contributed by atoms with Gasteiger partial charge in [-0.25, -0.2) is 0 Å². The zero-order valence-electron chi connectivity index (χ0n) is 19.9. The Morgan fingerprint density at radius 3 is 1.79 bits per heavy atom. The predicted molar refractivity (Wildman–Crippen MR) is 126 cm³/mol. The molecule has 0 N–H and O–H groups in total. The van der Waals surface area contributed by atoms with Gasteiger partial charge in [-0.2, -0.15) is 0 Å². The first-order chi connectivity index (χ1) is 14.2. The summed E-state index contributed by atoms with van der Waals surface area (Å²) in [5.41, 5.74) is 2.93. The molecule has 29 heavy (non-hydrogen) atoms. The maximum absolute atomic E-state index is 2.64. The van der Waals surface area contributed by atoms with Gasteiger partial charge in [0.2, 0.25) is 0 Å². The third kappa shape index (κ3) is 8.01. The summed E-state index contributed by atoms with van der Waals surface area (Å²) in [5.74, 6) is 0. The third-order valence-corrected chi connectivity index (χ3v) is 6.53. The number of likely N-dealkylation sites (tertiary alicyclic amines) is 1. The second-order valence-electron chi connectivity index (χ2n) is 8.48. The highest BCUT2D eigenvalue weighted by atomic mass is 15.2. The van der Waals surface area contributed by atoms with E-state index in [0.29, 0.717) is 0 Å². The summed E-state index contributed by atoms with van der Waals surface area (Å²) in [4.78, 5) is 10.3. The average molecular weight is 403 g/mol. The summed E-state index contributed by atoms with van der Waals surface area (Å²) in [6.07, 6.45) is 3.93. The van der Waals surface area contributed by atoms with Gasteiger partial charge in [0.05, 0.1) is 0 Å². The number of likely N-dealkylation sites (N-methyl/N-ethyl adjacent to an activating group) is 1. The normalized spacial score (nSPS) is 20.3. The lowest BCUT2D eigenvalue weighted by Crippen LogP contribution is -2.44. The van der Waals surface area contributed by atoms with Gasteiger partial charge in [0.15, 0.2) is 0 Å². The molecule has 1 aromatic rings. The molecule has 0 bridgehead atoms. The molecule has 0 unspecified atom stereocenters. The molecule has 2 aliphatic rings. The van der Waals surface area contributed by atoms with Gasteiger partial charge in [-0.1, -0.05) is 52.0 Å². The van der Waals surface area contributed by atoms with Gasteiger partial charge in [-0.05, 0) is 76.7 Å². The Morgan fingerprint density at radius 1 is 0.759 bits per heavy atom. The minimum absolute atomic E-state index is 0.797. The fraction of sp³-hybridized carbons (Fsp3) is 0.760. The molecular formula is C25H46N4. The molecule has 0 aromatic heterocycles. The summed E-state index contributed by atoms with van der Waals surface area (Å²) in [6, 6.07) is 10.2. The van der Waals surface area contributed by atoms with Crippen LogP contribution in [0, 0.1) is 0 Å². The molecule has 4 heteroatoms. The Bertz CT molecular complexity index is 532. The Hall–Kier alpha value is -0.940. The van der Waals surface area contributed by atoms with E-state index in [4.69, 9.17) is 0 Å². The van der Waals surface area contributed by atoms with E-state index in [2.05, 4.69) is 64.8 Å². The van der Waals surface area contributed by atoms with E-state index in [1.165, 1.54) is 82.7 Å². The molecule has 1 aromatic carbocycles. The Labute approximate surface area is 180 Å². The SMILES string of the molecule is CC.CCN(CC)C1CCN(Cc2ccc(CN3CCCN(C)CC3)cc2)CC1. The number of hydrogen-bond donors (Lipinski definition) is 0. The Balaban J connectivity index is 0.00000145. The molecule has 4 nitrogen and oxygen atoms in total. The van der Waals surface area contributed by atoms with E-state index in [1.54, 1.807) is 0 Å². The molecule has 0 aliphatic carbocycles. The quantitative estimate of drug-likeness (QED) is 0.679. The second kappa shape index (κ2) is 13.4. The van der Waals surface area contributed by atoms with Gasteiger partial charge in [0.25, 0.3) is 0 Å². The van der Waals surface area contributed by atoms with Crippen LogP contribution >= 0.6 is 0 Å². The molecule has 0 amide bonds. The third-order valence-electron chi connectivity index (χ3n) is 6.53. The topological polar surface area (TPSA) is 13.0 Å². The van der Waals surface area contributed by atoms with Crippen molar-refractivity contribution in [2.75, 3.05) is 59.4 Å². The summed E-state index contributed by atoms with van der Waals surface area (Å²) >= 11 is 0. The van der Waals surface area contributed by atoms with Crippen LogP contribution in [0.4, 0.5) is 0 Å². The van der Waals surface area contributed by atoms with Crippen LogP contribution in [-0.2, 0) is 13.1 Å². The summed E-state index contributed by atoms with van der Waals surface area (Å²) in [6.45, 7) is 20.5. The van der Waals surface area contributed by atoms with Crippen molar-refractivity contribution in [2.24, 2.45) is 0 Å². The fourth-order valence-electron chi connectivity index (χ4n) is 4.71. The standard InChI is InChI=1S/C23H40N4.C2H6/c1-4-27(5-2)23-11-15-26(16-12-23)20-22-9-7-21(8-10-22)19-25-14-6-13-24(3)17-18-25;1-2/h7-10,23H,4-6,11-20H2,1-3H3;1-2H3. The van der Waals surface area contributed by atoms with Crippen molar-refractivity contribution >= 4 is 0 Å². The minimum Gasteiger partial charge on any atom is -0.305 e. The van der Waals surface area contributed by atoms with E-state index >= 15 is 0 Å². The van der Waals surface area contributed by atoms with Crippen LogP contribution < -0.4 is 0 Å². The van der Waals surface area contributed by atoms with Crippen LogP contribution in [0.15, 0.2) is 24.3 Å². The number of benzene rings is 1. The molecule has 166 valence electrons. The molecule has 0 atom stereocenters. The second-order valence-corrected chi connectivity index (χ2v) is 8.48. The minimum atomic E-state index is 0.797. The van der Waals surface area contributed by atoms with Gasteiger partial charge in [-0.3, -0.25) is 9.80 Å². The van der Waals surface area contributed by atoms with Crippen LogP contribution in [0.1, 0.15) is 58.1 Å². The van der Waals surface area contributed by atoms with Crippen molar-refractivity contribution in [3.05, 3.63) is 35.4 Å².